The smallest absolute Gasteiger partial charge is 0.306 e. The molecule has 0 amide bonds. The summed E-state index contributed by atoms with van der Waals surface area (Å²) >= 11 is 0. The minimum Gasteiger partial charge on any atom is -0.469 e. The van der Waals surface area contributed by atoms with Crippen molar-refractivity contribution < 1.29 is 9.53 Å². The Balaban J connectivity index is 1.92. The molecule has 1 unspecified atom stereocenters. The number of benzene rings is 3. The molecule has 0 fully saturated rings. The average Bonchev–Trinajstić information content (AvgIpc) is 2.67. The number of ether oxygens (including phenoxy) is 1. The van der Waals surface area contributed by atoms with Gasteiger partial charge in [-0.3, -0.25) is 4.79 Å². The van der Waals surface area contributed by atoms with Gasteiger partial charge in [0.05, 0.1) is 13.5 Å². The minimum absolute atomic E-state index is 0.00322. The molecule has 2 nitrogen and oxygen atoms in total. The highest BCUT2D eigenvalue weighted by Gasteiger charge is 2.18. The molecule has 3 aromatic carbocycles. The Morgan fingerprint density at radius 1 is 0.750 bits per heavy atom. The van der Waals surface area contributed by atoms with Crippen LogP contribution in [0.5, 0.6) is 0 Å². The Bertz CT molecular complexity index is 777. The SMILES string of the molecule is COC(=O)CC(c1ccccc1)c1ccc(-c2ccccc2)cc1. The molecule has 24 heavy (non-hydrogen) atoms. The molecule has 0 aliphatic rings. The minimum atomic E-state index is -0.198. The van der Waals surface area contributed by atoms with Crippen LogP contribution < -0.4 is 0 Å². The quantitative estimate of drug-likeness (QED) is 0.616. The number of carbonyl (C=O) groups excluding carboxylic acids is 1. The second kappa shape index (κ2) is 7.60. The Morgan fingerprint density at radius 3 is 1.83 bits per heavy atom. The van der Waals surface area contributed by atoms with E-state index in [1.54, 1.807) is 0 Å². The van der Waals surface area contributed by atoms with Crippen molar-refractivity contribution in [1.82, 2.24) is 0 Å². The molecule has 1 atom stereocenters. The summed E-state index contributed by atoms with van der Waals surface area (Å²) in [5.74, 6) is -0.195. The second-order valence-corrected chi connectivity index (χ2v) is 5.73. The van der Waals surface area contributed by atoms with E-state index in [-0.39, 0.29) is 11.9 Å². The number of hydrogen-bond donors (Lipinski definition) is 0. The van der Waals surface area contributed by atoms with Crippen LogP contribution in [-0.4, -0.2) is 13.1 Å². The summed E-state index contributed by atoms with van der Waals surface area (Å²) in [6.07, 6.45) is 0.338. The van der Waals surface area contributed by atoms with E-state index in [2.05, 4.69) is 48.5 Å². The molecule has 0 aliphatic carbocycles. The van der Waals surface area contributed by atoms with Gasteiger partial charge in [-0.25, -0.2) is 0 Å². The van der Waals surface area contributed by atoms with Crippen molar-refractivity contribution in [2.75, 3.05) is 7.11 Å². The Kier molecular flexibility index (Phi) is 5.07. The Hall–Kier alpha value is -2.87. The van der Waals surface area contributed by atoms with E-state index in [4.69, 9.17) is 4.74 Å². The summed E-state index contributed by atoms with van der Waals surface area (Å²) in [7, 11) is 1.43. The highest BCUT2D eigenvalue weighted by molar-refractivity contribution is 5.71. The fourth-order valence-electron chi connectivity index (χ4n) is 2.90. The van der Waals surface area contributed by atoms with Crippen LogP contribution in [-0.2, 0) is 9.53 Å². The van der Waals surface area contributed by atoms with Crippen LogP contribution in [0.15, 0.2) is 84.9 Å². The average molecular weight is 316 g/mol. The summed E-state index contributed by atoms with van der Waals surface area (Å²) in [6.45, 7) is 0. The van der Waals surface area contributed by atoms with E-state index in [9.17, 15) is 4.79 Å². The zero-order valence-electron chi connectivity index (χ0n) is 13.7. The van der Waals surface area contributed by atoms with E-state index in [1.165, 1.54) is 18.2 Å². The molecule has 0 saturated carbocycles. The fourth-order valence-corrected chi connectivity index (χ4v) is 2.90. The van der Waals surface area contributed by atoms with Crippen molar-refractivity contribution in [2.24, 2.45) is 0 Å². The predicted octanol–water partition coefficient (Wildman–Crippen LogP) is 5.05. The van der Waals surface area contributed by atoms with Crippen molar-refractivity contribution in [2.45, 2.75) is 12.3 Å². The van der Waals surface area contributed by atoms with Crippen LogP contribution in [0.2, 0.25) is 0 Å². The molecule has 0 saturated heterocycles. The molecule has 0 aliphatic heterocycles. The van der Waals surface area contributed by atoms with Gasteiger partial charge in [0.25, 0.3) is 0 Å². The van der Waals surface area contributed by atoms with E-state index in [0.29, 0.717) is 6.42 Å². The van der Waals surface area contributed by atoms with Gasteiger partial charge in [-0.2, -0.15) is 0 Å². The Morgan fingerprint density at radius 2 is 1.25 bits per heavy atom. The highest BCUT2D eigenvalue weighted by atomic mass is 16.5. The molecule has 0 heterocycles. The largest absolute Gasteiger partial charge is 0.469 e. The third kappa shape index (κ3) is 3.72. The first kappa shape index (κ1) is 16.0. The number of hydrogen-bond acceptors (Lipinski definition) is 2. The van der Waals surface area contributed by atoms with Gasteiger partial charge in [0.15, 0.2) is 0 Å². The monoisotopic (exact) mass is 316 g/mol. The van der Waals surface area contributed by atoms with Crippen molar-refractivity contribution in [3.8, 4) is 11.1 Å². The lowest BCUT2D eigenvalue weighted by Gasteiger charge is -2.17. The molecule has 0 aromatic heterocycles. The van der Waals surface area contributed by atoms with Gasteiger partial charge >= 0.3 is 5.97 Å². The molecular formula is C22H20O2. The lowest BCUT2D eigenvalue weighted by molar-refractivity contribution is -0.140. The van der Waals surface area contributed by atoms with Crippen LogP contribution in [0, 0.1) is 0 Å². The molecule has 3 aromatic rings. The van der Waals surface area contributed by atoms with Crippen molar-refractivity contribution in [3.05, 3.63) is 96.1 Å². The second-order valence-electron chi connectivity index (χ2n) is 5.73. The van der Waals surface area contributed by atoms with Gasteiger partial charge < -0.3 is 4.74 Å². The fraction of sp³-hybridized carbons (Fsp3) is 0.136. The molecule has 0 spiro atoms. The number of carbonyl (C=O) groups is 1. The number of esters is 1. The van der Waals surface area contributed by atoms with Gasteiger partial charge in [-0.1, -0.05) is 84.9 Å². The first-order valence-corrected chi connectivity index (χ1v) is 8.05. The zero-order valence-corrected chi connectivity index (χ0v) is 13.7. The molecule has 0 bridgehead atoms. The highest BCUT2D eigenvalue weighted by Crippen LogP contribution is 2.30. The van der Waals surface area contributed by atoms with Crippen LogP contribution in [0.1, 0.15) is 23.5 Å². The summed E-state index contributed by atoms with van der Waals surface area (Å²) in [5.41, 5.74) is 4.60. The van der Waals surface area contributed by atoms with Gasteiger partial charge in [-0.05, 0) is 22.3 Å². The van der Waals surface area contributed by atoms with Crippen LogP contribution in [0.3, 0.4) is 0 Å². The van der Waals surface area contributed by atoms with Gasteiger partial charge in [0.1, 0.15) is 0 Å². The molecular weight excluding hydrogens is 296 g/mol. The maximum Gasteiger partial charge on any atom is 0.306 e. The normalized spacial score (nSPS) is 11.7. The van der Waals surface area contributed by atoms with E-state index in [0.717, 1.165) is 11.1 Å². The summed E-state index contributed by atoms with van der Waals surface area (Å²) < 4.78 is 4.88. The van der Waals surface area contributed by atoms with Crippen LogP contribution in [0.4, 0.5) is 0 Å². The van der Waals surface area contributed by atoms with Crippen molar-refractivity contribution in [3.63, 3.8) is 0 Å². The summed E-state index contributed by atoms with van der Waals surface area (Å²) in [4.78, 5) is 11.8. The molecule has 0 radical (unpaired) electrons. The zero-order chi connectivity index (χ0) is 16.8. The molecule has 0 N–H and O–H groups in total. The lowest BCUT2D eigenvalue weighted by atomic mass is 9.87. The summed E-state index contributed by atoms with van der Waals surface area (Å²) in [5, 5.41) is 0. The molecule has 3 rings (SSSR count). The van der Waals surface area contributed by atoms with E-state index in [1.807, 2.05) is 36.4 Å². The standard InChI is InChI=1S/C22H20O2/c1-24-22(23)16-21(19-10-6-3-7-11-19)20-14-12-18(13-15-20)17-8-4-2-5-9-17/h2-15,21H,16H2,1H3. The topological polar surface area (TPSA) is 26.3 Å². The van der Waals surface area contributed by atoms with E-state index < -0.39 is 0 Å². The van der Waals surface area contributed by atoms with Gasteiger partial charge in [0, 0.05) is 5.92 Å². The maximum absolute atomic E-state index is 11.8. The molecule has 2 heteroatoms. The number of rotatable bonds is 5. The summed E-state index contributed by atoms with van der Waals surface area (Å²) in [6, 6.07) is 28.8. The predicted molar refractivity (Wildman–Crippen MR) is 96.8 cm³/mol. The third-order valence-corrected chi connectivity index (χ3v) is 4.22. The Labute approximate surface area is 142 Å². The van der Waals surface area contributed by atoms with Crippen LogP contribution >= 0.6 is 0 Å². The lowest BCUT2D eigenvalue weighted by Crippen LogP contribution is -2.10. The third-order valence-electron chi connectivity index (χ3n) is 4.22. The number of methoxy groups -OCH3 is 1. The maximum atomic E-state index is 11.8. The van der Waals surface area contributed by atoms with Crippen molar-refractivity contribution in [1.29, 1.82) is 0 Å². The van der Waals surface area contributed by atoms with Gasteiger partial charge in [0.2, 0.25) is 0 Å². The van der Waals surface area contributed by atoms with Gasteiger partial charge in [-0.15, -0.1) is 0 Å². The first-order valence-electron chi connectivity index (χ1n) is 8.05. The molecule has 120 valence electrons. The van der Waals surface area contributed by atoms with Crippen LogP contribution in [0.25, 0.3) is 11.1 Å². The van der Waals surface area contributed by atoms with E-state index >= 15 is 0 Å². The van der Waals surface area contributed by atoms with Crippen molar-refractivity contribution >= 4 is 5.97 Å². The first-order chi connectivity index (χ1) is 11.8.